The van der Waals surface area contributed by atoms with Crippen molar-refractivity contribution < 1.29 is 14.6 Å². The number of ether oxygens (including phenoxy) is 1. The Morgan fingerprint density at radius 1 is 1.39 bits per heavy atom. The number of alkyl carbamates (subject to hydrolysis) is 1. The Bertz CT molecular complexity index is 451. The molecule has 0 bridgehead atoms. The van der Waals surface area contributed by atoms with Crippen molar-refractivity contribution in [2.45, 2.75) is 44.9 Å². The first-order valence-electron chi connectivity index (χ1n) is 6.12. The van der Waals surface area contributed by atoms with Crippen LogP contribution in [0.5, 0.6) is 0 Å². The Kier molecular flexibility index (Phi) is 3.30. The third-order valence-corrected chi connectivity index (χ3v) is 2.88. The number of hydrogen-bond acceptors (Lipinski definition) is 3. The van der Waals surface area contributed by atoms with E-state index in [1.165, 1.54) is 0 Å². The van der Waals surface area contributed by atoms with E-state index >= 15 is 0 Å². The van der Waals surface area contributed by atoms with Crippen LogP contribution in [0.3, 0.4) is 0 Å². The van der Waals surface area contributed by atoms with Gasteiger partial charge in [-0.1, -0.05) is 24.3 Å². The summed E-state index contributed by atoms with van der Waals surface area (Å²) >= 11 is 0. The van der Waals surface area contributed by atoms with E-state index in [0.29, 0.717) is 6.42 Å². The van der Waals surface area contributed by atoms with E-state index < -0.39 is 17.8 Å². The number of carbonyl (C=O) groups is 1. The molecule has 1 aliphatic rings. The zero-order valence-corrected chi connectivity index (χ0v) is 10.9. The lowest BCUT2D eigenvalue weighted by Gasteiger charge is -2.23. The largest absolute Gasteiger partial charge is 0.444 e. The molecule has 1 aromatic rings. The zero-order valence-electron chi connectivity index (χ0n) is 10.9. The maximum atomic E-state index is 11.7. The van der Waals surface area contributed by atoms with Gasteiger partial charge in [0.05, 0.1) is 12.1 Å². The summed E-state index contributed by atoms with van der Waals surface area (Å²) in [6.07, 6.45) is -0.519. The van der Waals surface area contributed by atoms with Crippen molar-refractivity contribution >= 4 is 6.09 Å². The molecule has 1 amide bonds. The van der Waals surface area contributed by atoms with Crippen molar-refractivity contribution in [3.8, 4) is 0 Å². The fourth-order valence-corrected chi connectivity index (χ4v) is 2.18. The van der Waals surface area contributed by atoms with Crippen molar-refractivity contribution in [1.29, 1.82) is 0 Å². The first-order chi connectivity index (χ1) is 8.37. The van der Waals surface area contributed by atoms with Crippen LogP contribution < -0.4 is 5.32 Å². The molecule has 0 aliphatic heterocycles. The van der Waals surface area contributed by atoms with Crippen molar-refractivity contribution in [2.24, 2.45) is 0 Å². The number of hydrogen-bond donors (Lipinski definition) is 2. The van der Waals surface area contributed by atoms with Gasteiger partial charge in [-0.05, 0) is 31.9 Å². The minimum absolute atomic E-state index is 0.379. The number of carbonyl (C=O) groups excluding carboxylic acids is 1. The molecule has 2 atom stereocenters. The number of benzene rings is 1. The van der Waals surface area contributed by atoms with Gasteiger partial charge in [0.15, 0.2) is 0 Å². The molecule has 4 nitrogen and oxygen atoms in total. The van der Waals surface area contributed by atoms with E-state index in [4.69, 9.17) is 4.74 Å². The van der Waals surface area contributed by atoms with Crippen LogP contribution in [-0.4, -0.2) is 22.9 Å². The standard InChI is InChI=1S/C14H19NO3/c1-14(2,3)18-13(17)15-12-10-7-5-4-6-9(10)8-11(12)16/h4-7,11-12,16H,8H2,1-3H3,(H,15,17)/t11-,12-/m1/s1. The van der Waals surface area contributed by atoms with Crippen molar-refractivity contribution in [2.75, 3.05) is 0 Å². The number of fused-ring (bicyclic) bond motifs is 1. The highest BCUT2D eigenvalue weighted by Gasteiger charge is 2.32. The molecule has 0 aromatic heterocycles. The number of nitrogens with one attached hydrogen (secondary N) is 1. The third kappa shape index (κ3) is 2.82. The fourth-order valence-electron chi connectivity index (χ4n) is 2.18. The second-order valence-electron chi connectivity index (χ2n) is 5.59. The van der Waals surface area contributed by atoms with E-state index in [1.807, 2.05) is 45.0 Å². The summed E-state index contributed by atoms with van der Waals surface area (Å²) in [5, 5.41) is 12.7. The Morgan fingerprint density at radius 2 is 2.06 bits per heavy atom. The van der Waals surface area contributed by atoms with Gasteiger partial charge in [-0.15, -0.1) is 0 Å². The monoisotopic (exact) mass is 249 g/mol. The quantitative estimate of drug-likeness (QED) is 0.802. The summed E-state index contributed by atoms with van der Waals surface area (Å²) in [5.74, 6) is 0. The third-order valence-electron chi connectivity index (χ3n) is 2.88. The average molecular weight is 249 g/mol. The van der Waals surface area contributed by atoms with E-state index in [9.17, 15) is 9.90 Å². The number of amides is 1. The average Bonchev–Trinajstić information content (AvgIpc) is 2.53. The van der Waals surface area contributed by atoms with Gasteiger partial charge in [-0.2, -0.15) is 0 Å². The van der Waals surface area contributed by atoms with Gasteiger partial charge >= 0.3 is 6.09 Å². The molecule has 1 aliphatic carbocycles. The van der Waals surface area contributed by atoms with E-state index in [1.54, 1.807) is 0 Å². The smallest absolute Gasteiger partial charge is 0.408 e. The fraction of sp³-hybridized carbons (Fsp3) is 0.500. The van der Waals surface area contributed by atoms with Crippen LogP contribution in [-0.2, 0) is 11.2 Å². The van der Waals surface area contributed by atoms with Crippen LogP contribution in [0.2, 0.25) is 0 Å². The summed E-state index contributed by atoms with van der Waals surface area (Å²) in [5.41, 5.74) is 1.51. The molecule has 0 saturated carbocycles. The first kappa shape index (κ1) is 12.9. The van der Waals surface area contributed by atoms with Gasteiger partial charge in [0.2, 0.25) is 0 Å². The maximum absolute atomic E-state index is 11.7. The Hall–Kier alpha value is -1.55. The van der Waals surface area contributed by atoms with Crippen LogP contribution in [0, 0.1) is 0 Å². The van der Waals surface area contributed by atoms with Crippen LogP contribution in [0.25, 0.3) is 0 Å². The molecule has 0 fully saturated rings. The molecular weight excluding hydrogens is 230 g/mol. The molecule has 98 valence electrons. The Labute approximate surface area is 107 Å². The van der Waals surface area contributed by atoms with Crippen LogP contribution in [0.15, 0.2) is 24.3 Å². The van der Waals surface area contributed by atoms with Gasteiger partial charge in [0.25, 0.3) is 0 Å². The summed E-state index contributed by atoms with van der Waals surface area (Å²) in [6.45, 7) is 5.43. The highest BCUT2D eigenvalue weighted by Crippen LogP contribution is 2.31. The SMILES string of the molecule is CC(C)(C)OC(=O)N[C@@H]1c2ccccc2C[C@H]1O. The van der Waals surface area contributed by atoms with Gasteiger partial charge < -0.3 is 15.2 Å². The molecule has 0 saturated heterocycles. The second-order valence-corrected chi connectivity index (χ2v) is 5.59. The van der Waals surface area contributed by atoms with Crippen molar-refractivity contribution in [3.63, 3.8) is 0 Å². The summed E-state index contributed by atoms with van der Waals surface area (Å²) in [7, 11) is 0. The van der Waals surface area contributed by atoms with E-state index in [-0.39, 0.29) is 6.04 Å². The van der Waals surface area contributed by atoms with E-state index in [0.717, 1.165) is 11.1 Å². The highest BCUT2D eigenvalue weighted by molar-refractivity contribution is 5.69. The van der Waals surface area contributed by atoms with Gasteiger partial charge in [0.1, 0.15) is 5.60 Å². The molecule has 0 unspecified atom stereocenters. The van der Waals surface area contributed by atoms with Crippen molar-refractivity contribution in [3.05, 3.63) is 35.4 Å². The van der Waals surface area contributed by atoms with Crippen molar-refractivity contribution in [1.82, 2.24) is 5.32 Å². The first-order valence-corrected chi connectivity index (χ1v) is 6.12. The normalized spacial score (nSPS) is 22.4. The topological polar surface area (TPSA) is 58.6 Å². The molecule has 2 N–H and O–H groups in total. The summed E-state index contributed by atoms with van der Waals surface area (Å²) < 4.78 is 5.20. The maximum Gasteiger partial charge on any atom is 0.408 e. The molecule has 2 rings (SSSR count). The van der Waals surface area contributed by atoms with E-state index in [2.05, 4.69) is 5.32 Å². The molecule has 0 spiro atoms. The second kappa shape index (κ2) is 4.61. The molecule has 18 heavy (non-hydrogen) atoms. The zero-order chi connectivity index (χ0) is 13.3. The predicted octanol–water partition coefficient (Wildman–Crippen LogP) is 2.17. The minimum Gasteiger partial charge on any atom is -0.444 e. The predicted molar refractivity (Wildman–Crippen MR) is 68.3 cm³/mol. The molecule has 0 radical (unpaired) electrons. The van der Waals surface area contributed by atoms with Crippen LogP contribution >= 0.6 is 0 Å². The summed E-state index contributed by atoms with van der Waals surface area (Å²) in [4.78, 5) is 11.7. The van der Waals surface area contributed by atoms with Crippen LogP contribution in [0.1, 0.15) is 37.9 Å². The minimum atomic E-state index is -0.588. The number of rotatable bonds is 1. The molecular formula is C14H19NO3. The summed E-state index contributed by atoms with van der Waals surface area (Å²) in [6, 6.07) is 7.35. The lowest BCUT2D eigenvalue weighted by Crippen LogP contribution is -2.38. The molecule has 0 heterocycles. The number of aliphatic hydroxyl groups excluding tert-OH is 1. The number of aliphatic hydroxyl groups is 1. The van der Waals surface area contributed by atoms with Gasteiger partial charge in [-0.3, -0.25) is 0 Å². The Morgan fingerprint density at radius 3 is 2.72 bits per heavy atom. The van der Waals surface area contributed by atoms with Gasteiger partial charge in [0, 0.05) is 6.42 Å². The van der Waals surface area contributed by atoms with Gasteiger partial charge in [-0.25, -0.2) is 4.79 Å². The Balaban J connectivity index is 2.08. The molecule has 1 aromatic carbocycles. The lowest BCUT2D eigenvalue weighted by atomic mass is 10.1. The highest BCUT2D eigenvalue weighted by atomic mass is 16.6. The lowest BCUT2D eigenvalue weighted by molar-refractivity contribution is 0.0438. The van der Waals surface area contributed by atoms with Crippen LogP contribution in [0.4, 0.5) is 4.79 Å². The molecule has 4 heteroatoms.